The molecule has 0 fully saturated rings. The Bertz CT molecular complexity index is 1200. The summed E-state index contributed by atoms with van der Waals surface area (Å²) in [6.07, 6.45) is 8.05. The van der Waals surface area contributed by atoms with Crippen LogP contribution >= 0.6 is 23.3 Å². The third-order valence-electron chi connectivity index (χ3n) is 5.67. The summed E-state index contributed by atoms with van der Waals surface area (Å²) in [5.74, 6) is 0.194. The lowest BCUT2D eigenvalue weighted by Gasteiger charge is -2.13. The maximum absolute atomic E-state index is 13.0. The molecule has 8 heteroatoms. The molecular weight excluding hydrogens is 440 g/mol. The highest BCUT2D eigenvalue weighted by Gasteiger charge is 2.18. The molecule has 1 aliphatic carbocycles. The maximum atomic E-state index is 13.0. The molecule has 0 radical (unpaired) electrons. The lowest BCUT2D eigenvalue weighted by Crippen LogP contribution is -2.27. The Hall–Kier alpha value is -2.45. The van der Waals surface area contributed by atoms with Crippen LogP contribution in [0.3, 0.4) is 0 Å². The quantitative estimate of drug-likeness (QED) is 0.288. The molecule has 1 amide bonds. The topological polar surface area (TPSA) is 76.9 Å². The van der Waals surface area contributed by atoms with Crippen molar-refractivity contribution in [3.8, 4) is 11.3 Å². The van der Waals surface area contributed by atoms with Gasteiger partial charge in [-0.1, -0.05) is 53.2 Å². The first kappa shape index (κ1) is 22.7. The van der Waals surface area contributed by atoms with E-state index in [1.165, 1.54) is 41.7 Å². The van der Waals surface area contributed by atoms with E-state index >= 15 is 0 Å². The van der Waals surface area contributed by atoms with Crippen molar-refractivity contribution < 1.29 is 4.79 Å². The van der Waals surface area contributed by atoms with Crippen molar-refractivity contribution in [3.63, 3.8) is 0 Å². The van der Waals surface area contributed by atoms with E-state index in [0.29, 0.717) is 28.5 Å². The molecule has 1 aliphatic rings. The largest absolute Gasteiger partial charge is 0.355 e. The first-order valence-electron chi connectivity index (χ1n) is 11.1. The molecule has 0 bridgehead atoms. The molecule has 0 unspecified atom stereocenters. The molecule has 2 heterocycles. The van der Waals surface area contributed by atoms with Crippen molar-refractivity contribution in [2.45, 2.75) is 57.7 Å². The molecule has 32 heavy (non-hydrogen) atoms. The summed E-state index contributed by atoms with van der Waals surface area (Å²) in [4.78, 5) is 30.2. The molecule has 4 rings (SSSR count). The number of nitrogens with one attached hydrogen (secondary N) is 1. The van der Waals surface area contributed by atoms with E-state index in [1.807, 2.05) is 38.1 Å². The van der Waals surface area contributed by atoms with Gasteiger partial charge in [0.25, 0.3) is 5.56 Å². The van der Waals surface area contributed by atoms with E-state index in [-0.39, 0.29) is 17.2 Å². The molecule has 0 saturated carbocycles. The van der Waals surface area contributed by atoms with Crippen LogP contribution < -0.4 is 10.9 Å². The molecule has 2 aromatic heterocycles. The number of rotatable bonds is 8. The molecule has 168 valence electrons. The lowest BCUT2D eigenvalue weighted by atomic mass is 9.97. The maximum Gasteiger partial charge on any atom is 0.273 e. The number of aryl methyl sites for hydroxylation is 1. The number of benzene rings is 1. The average molecular weight is 469 g/mol. The minimum absolute atomic E-state index is 0.0365. The summed E-state index contributed by atoms with van der Waals surface area (Å²) >= 11 is 2.49. The summed E-state index contributed by atoms with van der Waals surface area (Å²) in [7, 11) is 0. The smallest absolute Gasteiger partial charge is 0.273 e. The molecule has 0 spiro atoms. The fourth-order valence-electron chi connectivity index (χ4n) is 3.86. The van der Waals surface area contributed by atoms with Gasteiger partial charge in [0.1, 0.15) is 15.9 Å². The van der Waals surface area contributed by atoms with Crippen molar-refractivity contribution >= 4 is 39.4 Å². The fraction of sp³-hybridized carbons (Fsp3) is 0.417. The van der Waals surface area contributed by atoms with Gasteiger partial charge < -0.3 is 5.32 Å². The highest BCUT2D eigenvalue weighted by atomic mass is 32.2. The molecule has 0 atom stereocenters. The van der Waals surface area contributed by atoms with Crippen molar-refractivity contribution in [1.29, 1.82) is 0 Å². The normalized spacial score (nSPS) is 13.9. The van der Waals surface area contributed by atoms with Crippen LogP contribution in [0.5, 0.6) is 0 Å². The third kappa shape index (κ3) is 5.13. The Morgan fingerprint density at radius 1 is 1.25 bits per heavy atom. The van der Waals surface area contributed by atoms with Crippen molar-refractivity contribution in [1.82, 2.24) is 19.2 Å². The van der Waals surface area contributed by atoms with E-state index < -0.39 is 0 Å². The van der Waals surface area contributed by atoms with Crippen LogP contribution in [-0.4, -0.2) is 32.1 Å². The number of allylic oxidation sites excluding steroid dienone is 1. The van der Waals surface area contributed by atoms with Gasteiger partial charge in [-0.15, -0.1) is 0 Å². The van der Waals surface area contributed by atoms with E-state index in [9.17, 15) is 9.59 Å². The summed E-state index contributed by atoms with van der Waals surface area (Å²) < 4.78 is 6.71. The van der Waals surface area contributed by atoms with Crippen LogP contribution in [0.15, 0.2) is 45.9 Å². The Balaban J connectivity index is 1.49. The molecule has 3 aromatic rings. The number of carbonyl (C=O) groups excluding carboxylic acids is 1. The summed E-state index contributed by atoms with van der Waals surface area (Å²) in [6.45, 7) is 5.10. The first-order chi connectivity index (χ1) is 15.6. The predicted octanol–water partition coefficient (Wildman–Crippen LogP) is 4.95. The number of hydrogen-bond acceptors (Lipinski definition) is 6. The second-order valence-corrected chi connectivity index (χ2v) is 9.73. The van der Waals surface area contributed by atoms with Gasteiger partial charge in [-0.3, -0.25) is 14.2 Å². The van der Waals surface area contributed by atoms with Crippen LogP contribution in [0.2, 0.25) is 0 Å². The molecular formula is C24H28N4O2S2. The van der Waals surface area contributed by atoms with Gasteiger partial charge in [0.15, 0.2) is 5.16 Å². The zero-order valence-electron chi connectivity index (χ0n) is 18.5. The van der Waals surface area contributed by atoms with Crippen LogP contribution in [0.4, 0.5) is 0 Å². The Labute approximate surface area is 196 Å². The second kappa shape index (κ2) is 10.4. The number of amides is 1. The third-order valence-corrected chi connectivity index (χ3v) is 7.47. The van der Waals surface area contributed by atoms with Gasteiger partial charge in [-0.25, -0.2) is 4.98 Å². The molecule has 1 aromatic carbocycles. The van der Waals surface area contributed by atoms with E-state index in [0.717, 1.165) is 36.1 Å². The summed E-state index contributed by atoms with van der Waals surface area (Å²) in [5.41, 5.74) is 4.79. The molecule has 0 aliphatic heterocycles. The number of hydrogen-bond donors (Lipinski definition) is 1. The second-order valence-electron chi connectivity index (χ2n) is 8.02. The van der Waals surface area contributed by atoms with Crippen LogP contribution in [0, 0.1) is 6.92 Å². The monoisotopic (exact) mass is 468 g/mol. The lowest BCUT2D eigenvalue weighted by molar-refractivity contribution is -0.118. The van der Waals surface area contributed by atoms with Gasteiger partial charge in [0.2, 0.25) is 5.91 Å². The van der Waals surface area contributed by atoms with E-state index in [4.69, 9.17) is 4.98 Å². The summed E-state index contributed by atoms with van der Waals surface area (Å²) in [5, 5.41) is 3.56. The molecule has 6 nitrogen and oxygen atoms in total. The van der Waals surface area contributed by atoms with Gasteiger partial charge in [-0.2, -0.15) is 4.37 Å². The first-order valence-corrected chi connectivity index (χ1v) is 12.9. The summed E-state index contributed by atoms with van der Waals surface area (Å²) in [6, 6.07) is 8.05. The number of thioether (sulfide) groups is 1. The fourth-order valence-corrected chi connectivity index (χ4v) is 5.54. The van der Waals surface area contributed by atoms with Crippen molar-refractivity contribution in [3.05, 3.63) is 51.8 Å². The molecule has 0 saturated heterocycles. The van der Waals surface area contributed by atoms with Gasteiger partial charge in [0, 0.05) is 18.7 Å². The highest BCUT2D eigenvalue weighted by Crippen LogP contribution is 2.29. The van der Waals surface area contributed by atoms with Crippen LogP contribution in [0.1, 0.15) is 44.6 Å². The Kier molecular flexibility index (Phi) is 7.42. The minimum Gasteiger partial charge on any atom is -0.355 e. The average Bonchev–Trinajstić information content (AvgIpc) is 3.23. The van der Waals surface area contributed by atoms with Crippen LogP contribution in [0.25, 0.3) is 21.5 Å². The number of fused-ring (bicyclic) bond motifs is 1. The van der Waals surface area contributed by atoms with Crippen molar-refractivity contribution in [2.24, 2.45) is 0 Å². The Morgan fingerprint density at radius 2 is 2.06 bits per heavy atom. The zero-order chi connectivity index (χ0) is 22.5. The highest BCUT2D eigenvalue weighted by molar-refractivity contribution is 7.99. The molecule has 1 N–H and O–H groups in total. The minimum atomic E-state index is -0.0968. The van der Waals surface area contributed by atoms with E-state index in [2.05, 4.69) is 15.8 Å². The predicted molar refractivity (Wildman–Crippen MR) is 132 cm³/mol. The standard InChI is InChI=1S/C24H28N4O2S2/c1-3-28-23(30)22-21(20(27-32-22)18-11-9-16(2)10-12-18)26-24(28)31-15-19(29)25-14-13-17-7-5-4-6-8-17/h7,9-12H,3-6,8,13-15H2,1-2H3,(H,25,29). The number of nitrogens with zero attached hydrogens (tertiary/aromatic N) is 3. The van der Waals surface area contributed by atoms with Crippen LogP contribution in [-0.2, 0) is 11.3 Å². The Morgan fingerprint density at radius 3 is 2.78 bits per heavy atom. The van der Waals surface area contributed by atoms with Gasteiger partial charge >= 0.3 is 0 Å². The number of aromatic nitrogens is 3. The zero-order valence-corrected chi connectivity index (χ0v) is 20.2. The van der Waals surface area contributed by atoms with Crippen molar-refractivity contribution in [2.75, 3.05) is 12.3 Å². The van der Waals surface area contributed by atoms with Gasteiger partial charge in [0.05, 0.1) is 5.75 Å². The number of carbonyl (C=O) groups is 1. The van der Waals surface area contributed by atoms with Gasteiger partial charge in [-0.05, 0) is 57.5 Å². The SMILES string of the molecule is CCn1c(SCC(=O)NCCC2=CCCCC2)nc2c(-c3ccc(C)cc3)nsc2c1=O. The van der Waals surface area contributed by atoms with E-state index in [1.54, 1.807) is 4.57 Å².